The second-order valence-electron chi connectivity index (χ2n) is 7.68. The number of hydrogen-bond donors (Lipinski definition) is 1. The first-order chi connectivity index (χ1) is 17.2. The van der Waals surface area contributed by atoms with E-state index in [9.17, 15) is 27.6 Å². The number of nitrogens with one attached hydrogen (secondary N) is 1. The highest BCUT2D eigenvalue weighted by Gasteiger charge is 2.24. The third-order valence-electron chi connectivity index (χ3n) is 5.19. The predicted octanol–water partition coefficient (Wildman–Crippen LogP) is 4.26. The number of carbonyl (C=O) groups is 3. The van der Waals surface area contributed by atoms with Crippen LogP contribution in [-0.2, 0) is 20.7 Å². The summed E-state index contributed by atoms with van der Waals surface area (Å²) in [6, 6.07) is 10.6. The Morgan fingerprint density at radius 1 is 1.11 bits per heavy atom. The van der Waals surface area contributed by atoms with Crippen LogP contribution in [0.5, 0.6) is 0 Å². The zero-order chi connectivity index (χ0) is 26.2. The molecule has 1 aromatic carbocycles. The Morgan fingerprint density at radius 3 is 2.50 bits per heavy atom. The number of pyridine rings is 2. The SMILES string of the molecule is COC(=O)c1cc(-c2ccc(NC(=O)CCc3cccnc3F)cn2)ccc1N(CC(F)F)C(C)=O. The number of carbonyl (C=O) groups excluding carboxylic acids is 3. The van der Waals surface area contributed by atoms with Crippen LogP contribution in [0, 0.1) is 5.95 Å². The molecule has 0 aliphatic rings. The van der Waals surface area contributed by atoms with Crippen molar-refractivity contribution in [1.82, 2.24) is 9.97 Å². The predicted molar refractivity (Wildman–Crippen MR) is 126 cm³/mol. The maximum Gasteiger partial charge on any atom is 0.340 e. The van der Waals surface area contributed by atoms with Crippen LogP contribution in [0.4, 0.5) is 24.5 Å². The Bertz CT molecular complexity index is 1250. The van der Waals surface area contributed by atoms with Gasteiger partial charge < -0.3 is 15.0 Å². The fraction of sp³-hybridized carbons (Fsp3) is 0.240. The van der Waals surface area contributed by atoms with Gasteiger partial charge in [-0.1, -0.05) is 12.1 Å². The average Bonchev–Trinajstić information content (AvgIpc) is 2.86. The van der Waals surface area contributed by atoms with Crippen molar-refractivity contribution in [2.24, 2.45) is 0 Å². The zero-order valence-corrected chi connectivity index (χ0v) is 19.5. The first-order valence-corrected chi connectivity index (χ1v) is 10.8. The van der Waals surface area contributed by atoms with E-state index in [2.05, 4.69) is 15.3 Å². The molecular weight excluding hydrogens is 477 g/mol. The van der Waals surface area contributed by atoms with E-state index in [1.165, 1.54) is 30.6 Å². The molecule has 0 fully saturated rings. The van der Waals surface area contributed by atoms with Crippen molar-refractivity contribution in [2.45, 2.75) is 26.2 Å². The molecule has 11 heteroatoms. The van der Waals surface area contributed by atoms with Crippen molar-refractivity contribution < 1.29 is 32.3 Å². The molecule has 0 spiro atoms. The lowest BCUT2D eigenvalue weighted by molar-refractivity contribution is -0.117. The number of benzene rings is 1. The van der Waals surface area contributed by atoms with Gasteiger partial charge in [0.15, 0.2) is 0 Å². The molecule has 3 rings (SSSR count). The number of methoxy groups -OCH3 is 1. The first-order valence-electron chi connectivity index (χ1n) is 10.8. The Balaban J connectivity index is 1.77. The third kappa shape index (κ3) is 6.65. The van der Waals surface area contributed by atoms with Crippen LogP contribution in [-0.4, -0.2) is 47.8 Å². The molecule has 0 unspecified atom stereocenters. The number of hydrogen-bond acceptors (Lipinski definition) is 6. The fourth-order valence-electron chi connectivity index (χ4n) is 3.45. The smallest absolute Gasteiger partial charge is 0.340 e. The summed E-state index contributed by atoms with van der Waals surface area (Å²) in [5, 5.41) is 2.67. The highest BCUT2D eigenvalue weighted by molar-refractivity contribution is 6.03. The van der Waals surface area contributed by atoms with Crippen LogP contribution in [0.25, 0.3) is 11.3 Å². The second kappa shape index (κ2) is 11.9. The van der Waals surface area contributed by atoms with Crippen LogP contribution in [0.15, 0.2) is 54.9 Å². The molecule has 0 aliphatic carbocycles. The molecule has 36 heavy (non-hydrogen) atoms. The lowest BCUT2D eigenvalue weighted by Crippen LogP contribution is -2.34. The van der Waals surface area contributed by atoms with Crippen molar-refractivity contribution in [3.8, 4) is 11.3 Å². The molecule has 0 radical (unpaired) electrons. The van der Waals surface area contributed by atoms with Gasteiger partial charge in [0.2, 0.25) is 17.8 Å². The molecule has 8 nitrogen and oxygen atoms in total. The molecular formula is C25H23F3N4O4. The Morgan fingerprint density at radius 2 is 1.89 bits per heavy atom. The molecule has 0 saturated carbocycles. The highest BCUT2D eigenvalue weighted by atomic mass is 19.3. The minimum Gasteiger partial charge on any atom is -0.465 e. The molecule has 2 amide bonds. The van der Waals surface area contributed by atoms with Crippen LogP contribution >= 0.6 is 0 Å². The van der Waals surface area contributed by atoms with E-state index in [-0.39, 0.29) is 30.0 Å². The average molecular weight is 500 g/mol. The Hall–Kier alpha value is -4.28. The van der Waals surface area contributed by atoms with Gasteiger partial charge in [0, 0.05) is 30.7 Å². The van der Waals surface area contributed by atoms with Crippen molar-refractivity contribution in [1.29, 1.82) is 0 Å². The normalized spacial score (nSPS) is 10.7. The van der Waals surface area contributed by atoms with Gasteiger partial charge in [0.25, 0.3) is 6.43 Å². The summed E-state index contributed by atoms with van der Waals surface area (Å²) in [4.78, 5) is 45.1. The van der Waals surface area contributed by atoms with E-state index in [1.807, 2.05) is 0 Å². The van der Waals surface area contributed by atoms with Gasteiger partial charge in [0.05, 0.1) is 42.5 Å². The maximum atomic E-state index is 13.6. The van der Waals surface area contributed by atoms with Gasteiger partial charge in [-0.15, -0.1) is 0 Å². The number of amides is 2. The van der Waals surface area contributed by atoms with E-state index in [4.69, 9.17) is 4.74 Å². The number of ether oxygens (including phenoxy) is 1. The molecule has 0 saturated heterocycles. The third-order valence-corrected chi connectivity index (χ3v) is 5.19. The van der Waals surface area contributed by atoms with Crippen LogP contribution in [0.2, 0.25) is 0 Å². The maximum absolute atomic E-state index is 13.6. The molecule has 0 atom stereocenters. The van der Waals surface area contributed by atoms with Gasteiger partial charge in [-0.05, 0) is 36.8 Å². The number of aromatic nitrogens is 2. The molecule has 3 aromatic rings. The van der Waals surface area contributed by atoms with Gasteiger partial charge >= 0.3 is 5.97 Å². The van der Waals surface area contributed by atoms with Gasteiger partial charge in [0.1, 0.15) is 0 Å². The van der Waals surface area contributed by atoms with Gasteiger partial charge in [-0.25, -0.2) is 18.6 Å². The number of halogens is 3. The largest absolute Gasteiger partial charge is 0.465 e. The standard InChI is InChI=1S/C25H23F3N4O4/c1-15(33)32(14-22(26)27)21-9-5-17(12-19(21)25(35)36-2)20-8-7-18(13-30-20)31-23(34)10-6-16-4-3-11-29-24(16)28/h3-5,7-9,11-13,22H,6,10,14H2,1-2H3,(H,31,34). The number of esters is 1. The topological polar surface area (TPSA) is 101 Å². The molecule has 0 aliphatic heterocycles. The summed E-state index contributed by atoms with van der Waals surface area (Å²) in [6.07, 6.45) is 0.160. The number of rotatable bonds is 9. The van der Waals surface area contributed by atoms with E-state index < -0.39 is 30.8 Å². The van der Waals surface area contributed by atoms with Crippen molar-refractivity contribution >= 4 is 29.2 Å². The van der Waals surface area contributed by atoms with Crippen molar-refractivity contribution in [3.05, 3.63) is 71.9 Å². The van der Waals surface area contributed by atoms with Gasteiger partial charge in [-0.2, -0.15) is 4.39 Å². The van der Waals surface area contributed by atoms with Crippen LogP contribution < -0.4 is 10.2 Å². The highest BCUT2D eigenvalue weighted by Crippen LogP contribution is 2.29. The monoisotopic (exact) mass is 500 g/mol. The van der Waals surface area contributed by atoms with Gasteiger partial charge in [-0.3, -0.25) is 14.6 Å². The van der Waals surface area contributed by atoms with Crippen LogP contribution in [0.1, 0.15) is 29.3 Å². The lowest BCUT2D eigenvalue weighted by atomic mass is 10.0. The molecule has 188 valence electrons. The summed E-state index contributed by atoms with van der Waals surface area (Å²) in [6.45, 7) is 0.248. The Labute approximate surface area is 205 Å². The number of nitrogens with zero attached hydrogens (tertiary/aromatic N) is 3. The minimum absolute atomic E-state index is 0.00710. The summed E-state index contributed by atoms with van der Waals surface area (Å²) >= 11 is 0. The second-order valence-corrected chi connectivity index (χ2v) is 7.68. The number of alkyl halides is 2. The quantitative estimate of drug-likeness (QED) is 0.348. The summed E-state index contributed by atoms with van der Waals surface area (Å²) < 4.78 is 44.4. The number of aryl methyl sites for hydroxylation is 1. The first kappa shape index (κ1) is 26.3. The van der Waals surface area contributed by atoms with E-state index in [1.54, 1.807) is 24.3 Å². The number of anilines is 2. The lowest BCUT2D eigenvalue weighted by Gasteiger charge is -2.23. The summed E-state index contributed by atoms with van der Waals surface area (Å²) in [5.41, 5.74) is 1.54. The zero-order valence-electron chi connectivity index (χ0n) is 19.5. The van der Waals surface area contributed by atoms with Crippen molar-refractivity contribution in [2.75, 3.05) is 23.9 Å². The van der Waals surface area contributed by atoms with Crippen LogP contribution in [0.3, 0.4) is 0 Å². The van der Waals surface area contributed by atoms with E-state index >= 15 is 0 Å². The fourth-order valence-corrected chi connectivity index (χ4v) is 3.45. The molecule has 2 heterocycles. The summed E-state index contributed by atoms with van der Waals surface area (Å²) in [5.74, 6) is -2.42. The van der Waals surface area contributed by atoms with E-state index in [0.717, 1.165) is 18.9 Å². The Kier molecular flexibility index (Phi) is 8.71. The molecule has 0 bridgehead atoms. The van der Waals surface area contributed by atoms with E-state index in [0.29, 0.717) is 22.5 Å². The minimum atomic E-state index is -2.80. The molecule has 2 aromatic heterocycles. The molecule has 1 N–H and O–H groups in total. The summed E-state index contributed by atoms with van der Waals surface area (Å²) in [7, 11) is 1.14. The van der Waals surface area contributed by atoms with Crippen molar-refractivity contribution in [3.63, 3.8) is 0 Å².